The van der Waals surface area contributed by atoms with E-state index in [0.717, 1.165) is 22.2 Å². The van der Waals surface area contributed by atoms with Crippen LogP contribution in [0.25, 0.3) is 6.08 Å². The Balaban J connectivity index is 1.80. The molecule has 0 saturated carbocycles. The van der Waals surface area contributed by atoms with Crippen molar-refractivity contribution in [1.29, 1.82) is 0 Å². The number of amides is 2. The van der Waals surface area contributed by atoms with Gasteiger partial charge in [-0.2, -0.15) is 0 Å². The molecule has 2 heterocycles. The van der Waals surface area contributed by atoms with Gasteiger partial charge in [0.1, 0.15) is 5.82 Å². The SMILES string of the molecule is O=C1S/C(=C/c2ccncc2)C(=O)N1Cc1ccc(F)cc1. The van der Waals surface area contributed by atoms with Crippen LogP contribution in [0.4, 0.5) is 9.18 Å². The molecular formula is C16H11FN2O2S. The standard InChI is InChI=1S/C16H11FN2O2S/c17-13-3-1-12(2-4-13)10-19-15(20)14(22-16(19)21)9-11-5-7-18-8-6-11/h1-9H,10H2/b14-9+. The van der Waals surface area contributed by atoms with Crippen molar-refractivity contribution in [3.8, 4) is 0 Å². The van der Waals surface area contributed by atoms with Crippen LogP contribution in [0.5, 0.6) is 0 Å². The molecule has 0 atom stereocenters. The Kier molecular flexibility index (Phi) is 4.02. The molecule has 6 heteroatoms. The van der Waals surface area contributed by atoms with E-state index in [2.05, 4.69) is 4.98 Å². The molecule has 0 spiro atoms. The molecule has 0 radical (unpaired) electrons. The number of hydrogen-bond acceptors (Lipinski definition) is 4. The van der Waals surface area contributed by atoms with Crippen molar-refractivity contribution in [2.45, 2.75) is 6.54 Å². The van der Waals surface area contributed by atoms with E-state index < -0.39 is 0 Å². The summed E-state index contributed by atoms with van der Waals surface area (Å²) >= 11 is 0.903. The number of nitrogens with zero attached hydrogens (tertiary/aromatic N) is 2. The lowest BCUT2D eigenvalue weighted by molar-refractivity contribution is -0.123. The number of halogens is 1. The first-order valence-corrected chi connectivity index (χ1v) is 7.35. The second kappa shape index (κ2) is 6.11. The summed E-state index contributed by atoms with van der Waals surface area (Å²) in [4.78, 5) is 29.7. The Morgan fingerprint density at radius 1 is 1.09 bits per heavy atom. The summed E-state index contributed by atoms with van der Waals surface area (Å²) in [5.41, 5.74) is 1.51. The first-order valence-electron chi connectivity index (χ1n) is 6.53. The maximum Gasteiger partial charge on any atom is 0.293 e. The zero-order valence-corrected chi connectivity index (χ0v) is 12.2. The van der Waals surface area contributed by atoms with Gasteiger partial charge in [0.2, 0.25) is 0 Å². The number of imide groups is 1. The van der Waals surface area contributed by atoms with E-state index in [0.29, 0.717) is 10.5 Å². The monoisotopic (exact) mass is 314 g/mol. The summed E-state index contributed by atoms with van der Waals surface area (Å²) in [5, 5.41) is -0.324. The van der Waals surface area contributed by atoms with E-state index in [9.17, 15) is 14.0 Å². The van der Waals surface area contributed by atoms with E-state index in [1.807, 2.05) is 0 Å². The maximum atomic E-state index is 12.9. The fraction of sp³-hybridized carbons (Fsp3) is 0.0625. The Bertz CT molecular complexity index is 745. The van der Waals surface area contributed by atoms with Gasteiger partial charge in [-0.05, 0) is 53.2 Å². The van der Waals surface area contributed by atoms with Crippen LogP contribution in [0.15, 0.2) is 53.7 Å². The second-order valence-corrected chi connectivity index (χ2v) is 5.67. The lowest BCUT2D eigenvalue weighted by atomic mass is 10.2. The molecule has 1 aliphatic heterocycles. The number of aromatic nitrogens is 1. The number of hydrogen-bond donors (Lipinski definition) is 0. The van der Waals surface area contributed by atoms with Crippen molar-refractivity contribution in [2.75, 3.05) is 0 Å². The van der Waals surface area contributed by atoms with Gasteiger partial charge < -0.3 is 0 Å². The number of carbonyl (C=O) groups is 2. The number of rotatable bonds is 3. The fourth-order valence-electron chi connectivity index (χ4n) is 2.02. The minimum Gasteiger partial charge on any atom is -0.268 e. The Morgan fingerprint density at radius 3 is 2.45 bits per heavy atom. The molecular weight excluding hydrogens is 303 g/mol. The average molecular weight is 314 g/mol. The van der Waals surface area contributed by atoms with Crippen molar-refractivity contribution in [3.05, 3.63) is 70.6 Å². The van der Waals surface area contributed by atoms with Crippen molar-refractivity contribution < 1.29 is 14.0 Å². The van der Waals surface area contributed by atoms with Gasteiger partial charge in [0.25, 0.3) is 11.1 Å². The highest BCUT2D eigenvalue weighted by molar-refractivity contribution is 8.18. The smallest absolute Gasteiger partial charge is 0.268 e. The van der Waals surface area contributed by atoms with Gasteiger partial charge in [-0.25, -0.2) is 4.39 Å². The van der Waals surface area contributed by atoms with Gasteiger partial charge in [0, 0.05) is 12.4 Å². The molecule has 1 saturated heterocycles. The van der Waals surface area contributed by atoms with E-state index in [4.69, 9.17) is 0 Å². The highest BCUT2D eigenvalue weighted by atomic mass is 32.2. The van der Waals surface area contributed by atoms with Crippen LogP contribution in [0.3, 0.4) is 0 Å². The summed E-state index contributed by atoms with van der Waals surface area (Å²) in [6, 6.07) is 9.25. The fourth-order valence-corrected chi connectivity index (χ4v) is 2.86. The topological polar surface area (TPSA) is 50.3 Å². The number of carbonyl (C=O) groups excluding carboxylic acids is 2. The van der Waals surface area contributed by atoms with Crippen molar-refractivity contribution in [1.82, 2.24) is 9.88 Å². The Labute approximate surface area is 130 Å². The van der Waals surface area contributed by atoms with E-state index in [1.165, 1.54) is 12.1 Å². The lowest BCUT2D eigenvalue weighted by Crippen LogP contribution is -2.27. The van der Waals surface area contributed by atoms with Crippen molar-refractivity contribution in [2.24, 2.45) is 0 Å². The maximum absolute atomic E-state index is 12.9. The highest BCUT2D eigenvalue weighted by Crippen LogP contribution is 2.33. The van der Waals surface area contributed by atoms with Gasteiger partial charge in [0.15, 0.2) is 0 Å². The van der Waals surface area contributed by atoms with Crippen LogP contribution in [-0.2, 0) is 11.3 Å². The molecule has 0 aliphatic carbocycles. The molecule has 1 aromatic heterocycles. The quantitative estimate of drug-likeness (QED) is 0.814. The number of pyridine rings is 1. The second-order valence-electron chi connectivity index (χ2n) is 4.67. The molecule has 110 valence electrons. The molecule has 0 unspecified atom stereocenters. The zero-order chi connectivity index (χ0) is 15.5. The Hall–Kier alpha value is -2.47. The number of thioether (sulfide) groups is 1. The van der Waals surface area contributed by atoms with E-state index in [-0.39, 0.29) is 23.5 Å². The van der Waals surface area contributed by atoms with E-state index in [1.54, 1.807) is 42.7 Å². The molecule has 22 heavy (non-hydrogen) atoms. The molecule has 1 aliphatic rings. The predicted octanol–water partition coefficient (Wildman–Crippen LogP) is 3.46. The zero-order valence-electron chi connectivity index (χ0n) is 11.4. The minimum absolute atomic E-state index is 0.138. The molecule has 1 fully saturated rings. The predicted molar refractivity (Wildman–Crippen MR) is 82.2 cm³/mol. The first-order chi connectivity index (χ1) is 10.6. The van der Waals surface area contributed by atoms with Crippen LogP contribution < -0.4 is 0 Å². The summed E-state index contributed by atoms with van der Waals surface area (Å²) in [5.74, 6) is -0.688. The van der Waals surface area contributed by atoms with Gasteiger partial charge >= 0.3 is 0 Å². The van der Waals surface area contributed by atoms with Crippen LogP contribution in [0, 0.1) is 5.82 Å². The average Bonchev–Trinajstić information content (AvgIpc) is 2.78. The number of benzene rings is 1. The molecule has 3 rings (SSSR count). The van der Waals surface area contributed by atoms with Gasteiger partial charge in [-0.15, -0.1) is 0 Å². The summed E-state index contributed by atoms with van der Waals surface area (Å²) in [7, 11) is 0. The van der Waals surface area contributed by atoms with Crippen molar-refractivity contribution in [3.63, 3.8) is 0 Å². The third kappa shape index (κ3) is 3.07. The highest BCUT2D eigenvalue weighted by Gasteiger charge is 2.34. The van der Waals surface area contributed by atoms with Gasteiger partial charge in [0.05, 0.1) is 11.4 Å². The normalized spacial score (nSPS) is 16.6. The lowest BCUT2D eigenvalue weighted by Gasteiger charge is -2.12. The minimum atomic E-state index is -0.351. The molecule has 0 bridgehead atoms. The largest absolute Gasteiger partial charge is 0.293 e. The first kappa shape index (κ1) is 14.5. The van der Waals surface area contributed by atoms with Crippen LogP contribution in [0.1, 0.15) is 11.1 Å². The molecule has 1 aromatic carbocycles. The van der Waals surface area contributed by atoms with Gasteiger partial charge in [-0.1, -0.05) is 12.1 Å². The molecule has 2 amide bonds. The Morgan fingerprint density at radius 2 is 1.77 bits per heavy atom. The summed E-state index contributed by atoms with van der Waals surface area (Å²) in [6.45, 7) is 0.138. The molecule has 0 N–H and O–H groups in total. The summed E-state index contributed by atoms with van der Waals surface area (Å²) < 4.78 is 12.9. The summed E-state index contributed by atoms with van der Waals surface area (Å²) in [6.07, 6.45) is 4.90. The third-order valence-corrected chi connectivity index (χ3v) is 4.04. The van der Waals surface area contributed by atoms with Crippen LogP contribution in [0.2, 0.25) is 0 Å². The van der Waals surface area contributed by atoms with Crippen LogP contribution in [-0.4, -0.2) is 21.0 Å². The van der Waals surface area contributed by atoms with Gasteiger partial charge in [-0.3, -0.25) is 19.5 Å². The third-order valence-electron chi connectivity index (χ3n) is 3.13. The molecule has 2 aromatic rings. The molecule has 4 nitrogen and oxygen atoms in total. The van der Waals surface area contributed by atoms with E-state index >= 15 is 0 Å². The van der Waals surface area contributed by atoms with Crippen molar-refractivity contribution >= 4 is 29.0 Å². The van der Waals surface area contributed by atoms with Crippen LogP contribution >= 0.6 is 11.8 Å².